The molecule has 0 atom stereocenters. The lowest BCUT2D eigenvalue weighted by atomic mass is 10.0. The van der Waals surface area contributed by atoms with E-state index in [0.717, 1.165) is 17.8 Å². The Kier molecular flexibility index (Phi) is 4.35. The molecule has 0 saturated heterocycles. The smallest absolute Gasteiger partial charge is 0.336 e. The van der Waals surface area contributed by atoms with E-state index >= 15 is 0 Å². The number of rotatable bonds is 4. The monoisotopic (exact) mass is 281 g/mol. The van der Waals surface area contributed by atoms with Crippen LogP contribution in [0.15, 0.2) is 12.1 Å². The Bertz CT molecular complexity index is 481. The molecule has 0 radical (unpaired) electrons. The second kappa shape index (κ2) is 5.83. The van der Waals surface area contributed by atoms with Gasteiger partial charge in [0.05, 0.1) is 5.56 Å². The van der Waals surface area contributed by atoms with Crippen molar-refractivity contribution >= 4 is 23.3 Å². The Morgan fingerprint density at radius 2 is 2.05 bits per heavy atom. The van der Waals surface area contributed by atoms with E-state index in [1.807, 2.05) is 13.0 Å². The Hall–Kier alpha value is -1.22. The average Bonchev–Trinajstić information content (AvgIpc) is 2.87. The van der Waals surface area contributed by atoms with Crippen LogP contribution in [0.1, 0.15) is 48.5 Å². The topological polar surface area (TPSA) is 40.5 Å². The van der Waals surface area contributed by atoms with Crippen LogP contribution in [0.25, 0.3) is 0 Å². The molecule has 0 heterocycles. The normalized spacial score (nSPS) is 15.7. The quantitative estimate of drug-likeness (QED) is 0.903. The summed E-state index contributed by atoms with van der Waals surface area (Å²) in [5.41, 5.74) is 2.09. The summed E-state index contributed by atoms with van der Waals surface area (Å²) in [6, 6.07) is 3.94. The van der Waals surface area contributed by atoms with E-state index < -0.39 is 5.97 Å². The third-order valence-electron chi connectivity index (χ3n) is 3.99. The minimum absolute atomic E-state index is 0.305. The van der Waals surface area contributed by atoms with Crippen molar-refractivity contribution in [3.63, 3.8) is 0 Å². The lowest BCUT2D eigenvalue weighted by Crippen LogP contribution is -2.33. The molecular weight excluding hydrogens is 262 g/mol. The maximum absolute atomic E-state index is 11.3. The van der Waals surface area contributed by atoms with Gasteiger partial charge in [0, 0.05) is 23.3 Å². The highest BCUT2D eigenvalue weighted by atomic mass is 35.5. The lowest BCUT2D eigenvalue weighted by Gasteiger charge is -2.32. The Morgan fingerprint density at radius 1 is 1.42 bits per heavy atom. The number of benzene rings is 1. The SMILES string of the molecule is CCN(c1cc(Cl)cc(C(=O)O)c1C)C1CCCC1. The molecule has 19 heavy (non-hydrogen) atoms. The van der Waals surface area contributed by atoms with Crippen molar-refractivity contribution in [1.29, 1.82) is 0 Å². The zero-order valence-electron chi connectivity index (χ0n) is 11.4. The molecule has 1 aliphatic rings. The van der Waals surface area contributed by atoms with Gasteiger partial charge in [-0.3, -0.25) is 0 Å². The Morgan fingerprint density at radius 3 is 2.58 bits per heavy atom. The first-order valence-electron chi connectivity index (χ1n) is 6.84. The fourth-order valence-corrected chi connectivity index (χ4v) is 3.24. The zero-order chi connectivity index (χ0) is 14.0. The van der Waals surface area contributed by atoms with E-state index in [9.17, 15) is 9.90 Å². The third-order valence-corrected chi connectivity index (χ3v) is 4.21. The minimum atomic E-state index is -0.913. The second-order valence-corrected chi connectivity index (χ2v) is 5.56. The highest BCUT2D eigenvalue weighted by Crippen LogP contribution is 2.33. The molecule has 3 nitrogen and oxygen atoms in total. The number of hydrogen-bond donors (Lipinski definition) is 1. The van der Waals surface area contributed by atoms with Gasteiger partial charge in [0.25, 0.3) is 0 Å². The fraction of sp³-hybridized carbons (Fsp3) is 0.533. The molecule has 2 rings (SSSR count). The number of hydrogen-bond acceptors (Lipinski definition) is 2. The second-order valence-electron chi connectivity index (χ2n) is 5.13. The standard InChI is InChI=1S/C15H20ClNO2/c1-3-17(12-6-4-5-7-12)14-9-11(16)8-13(10(14)2)15(18)19/h8-9,12H,3-7H2,1-2H3,(H,18,19). The summed E-state index contributed by atoms with van der Waals surface area (Å²) in [5, 5.41) is 9.75. The van der Waals surface area contributed by atoms with Gasteiger partial charge in [0.2, 0.25) is 0 Å². The molecule has 0 unspecified atom stereocenters. The number of halogens is 1. The van der Waals surface area contributed by atoms with Crippen molar-refractivity contribution < 1.29 is 9.90 Å². The number of carboxylic acid groups (broad SMARTS) is 1. The van der Waals surface area contributed by atoms with Crippen molar-refractivity contribution in [2.75, 3.05) is 11.4 Å². The van der Waals surface area contributed by atoms with Crippen LogP contribution in [0.3, 0.4) is 0 Å². The van der Waals surface area contributed by atoms with E-state index in [1.54, 1.807) is 0 Å². The van der Waals surface area contributed by atoms with Crippen LogP contribution in [-0.4, -0.2) is 23.7 Å². The van der Waals surface area contributed by atoms with Crippen LogP contribution >= 0.6 is 11.6 Å². The molecule has 0 aromatic heterocycles. The molecule has 1 aromatic carbocycles. The van der Waals surface area contributed by atoms with Gasteiger partial charge < -0.3 is 10.0 Å². The summed E-state index contributed by atoms with van der Waals surface area (Å²) >= 11 is 6.08. The Labute approximate surface area is 119 Å². The van der Waals surface area contributed by atoms with Crippen LogP contribution in [-0.2, 0) is 0 Å². The summed E-state index contributed by atoms with van der Waals surface area (Å²) in [5.74, 6) is -0.913. The summed E-state index contributed by atoms with van der Waals surface area (Å²) in [7, 11) is 0. The molecule has 4 heteroatoms. The van der Waals surface area contributed by atoms with Gasteiger partial charge in [-0.15, -0.1) is 0 Å². The van der Waals surface area contributed by atoms with E-state index in [2.05, 4.69) is 11.8 Å². The minimum Gasteiger partial charge on any atom is -0.478 e. The summed E-state index contributed by atoms with van der Waals surface area (Å²) in [6.45, 7) is 4.86. The van der Waals surface area contributed by atoms with Gasteiger partial charge in [0.1, 0.15) is 0 Å². The van der Waals surface area contributed by atoms with Gasteiger partial charge >= 0.3 is 5.97 Å². The van der Waals surface area contributed by atoms with Crippen LogP contribution in [0.5, 0.6) is 0 Å². The molecular formula is C15H20ClNO2. The van der Waals surface area contributed by atoms with Crippen LogP contribution < -0.4 is 4.90 Å². The maximum atomic E-state index is 11.3. The average molecular weight is 282 g/mol. The molecule has 1 N–H and O–H groups in total. The molecule has 1 aliphatic carbocycles. The summed E-state index contributed by atoms with van der Waals surface area (Å²) in [6.07, 6.45) is 4.88. The molecule has 0 spiro atoms. The van der Waals surface area contributed by atoms with Crippen LogP contribution in [0, 0.1) is 6.92 Å². The Balaban J connectivity index is 2.44. The fourth-order valence-electron chi connectivity index (χ4n) is 3.03. The van der Waals surface area contributed by atoms with Crippen molar-refractivity contribution in [2.24, 2.45) is 0 Å². The number of aromatic carboxylic acids is 1. The maximum Gasteiger partial charge on any atom is 0.336 e. The molecule has 0 bridgehead atoms. The van der Waals surface area contributed by atoms with Gasteiger partial charge in [0.15, 0.2) is 0 Å². The van der Waals surface area contributed by atoms with E-state index in [4.69, 9.17) is 11.6 Å². The number of carboxylic acids is 1. The van der Waals surface area contributed by atoms with Gasteiger partial charge in [-0.2, -0.15) is 0 Å². The van der Waals surface area contributed by atoms with Crippen molar-refractivity contribution in [3.05, 3.63) is 28.3 Å². The van der Waals surface area contributed by atoms with Crippen molar-refractivity contribution in [2.45, 2.75) is 45.6 Å². The van der Waals surface area contributed by atoms with Crippen molar-refractivity contribution in [3.8, 4) is 0 Å². The predicted octanol–water partition coefficient (Wildman–Crippen LogP) is 4.12. The molecule has 1 aromatic rings. The first-order valence-corrected chi connectivity index (χ1v) is 7.22. The first kappa shape index (κ1) is 14.2. The summed E-state index contributed by atoms with van der Waals surface area (Å²) in [4.78, 5) is 13.6. The lowest BCUT2D eigenvalue weighted by molar-refractivity contribution is 0.0696. The van der Waals surface area contributed by atoms with E-state index in [0.29, 0.717) is 16.6 Å². The van der Waals surface area contributed by atoms with Crippen molar-refractivity contribution in [1.82, 2.24) is 0 Å². The molecule has 0 aliphatic heterocycles. The molecule has 1 fully saturated rings. The van der Waals surface area contributed by atoms with Gasteiger partial charge in [-0.25, -0.2) is 4.79 Å². The summed E-state index contributed by atoms with van der Waals surface area (Å²) < 4.78 is 0. The number of nitrogens with zero attached hydrogens (tertiary/aromatic N) is 1. The predicted molar refractivity (Wildman–Crippen MR) is 78.4 cm³/mol. The first-order chi connectivity index (χ1) is 9.04. The molecule has 1 saturated carbocycles. The third kappa shape index (κ3) is 2.86. The highest BCUT2D eigenvalue weighted by Gasteiger charge is 2.24. The number of anilines is 1. The highest BCUT2D eigenvalue weighted by molar-refractivity contribution is 6.31. The number of carbonyl (C=O) groups is 1. The van der Waals surface area contributed by atoms with E-state index in [1.165, 1.54) is 31.7 Å². The van der Waals surface area contributed by atoms with E-state index in [-0.39, 0.29) is 0 Å². The molecule has 0 amide bonds. The van der Waals surface area contributed by atoms with Gasteiger partial charge in [-0.1, -0.05) is 24.4 Å². The molecule has 104 valence electrons. The van der Waals surface area contributed by atoms with Crippen LogP contribution in [0.2, 0.25) is 5.02 Å². The van der Waals surface area contributed by atoms with Gasteiger partial charge in [-0.05, 0) is 44.4 Å². The zero-order valence-corrected chi connectivity index (χ0v) is 12.2. The largest absolute Gasteiger partial charge is 0.478 e. The van der Waals surface area contributed by atoms with Crippen LogP contribution in [0.4, 0.5) is 5.69 Å².